The molecule has 0 aliphatic carbocycles. The number of thiol groups is 1. The van der Waals surface area contributed by atoms with Crippen LogP contribution in [0.15, 0.2) is 33.9 Å². The van der Waals surface area contributed by atoms with Crippen LogP contribution in [0.4, 0.5) is 0 Å². The molecule has 3 heteroatoms. The Morgan fingerprint density at radius 1 is 1.33 bits per heavy atom. The molecule has 0 N–H and O–H groups in total. The third kappa shape index (κ3) is 1.80. The highest BCUT2D eigenvalue weighted by atomic mass is 32.1. The van der Waals surface area contributed by atoms with Crippen molar-refractivity contribution >= 4 is 23.7 Å². The van der Waals surface area contributed by atoms with Gasteiger partial charge in [0.25, 0.3) is 0 Å². The molecule has 0 bridgehead atoms. The Morgan fingerprint density at radius 3 is 2.83 bits per heavy atom. The number of rotatable bonds is 0. The zero-order valence-electron chi connectivity index (χ0n) is 7.11. The third-order valence-electron chi connectivity index (χ3n) is 1.31. The van der Waals surface area contributed by atoms with Crippen LogP contribution in [-0.4, -0.2) is 4.98 Å². The molecule has 0 atom stereocenters. The maximum Gasteiger partial charge on any atom is 0.181 e. The zero-order chi connectivity index (χ0) is 8.97. The number of benzene rings is 1. The van der Waals surface area contributed by atoms with Gasteiger partial charge in [-0.05, 0) is 18.2 Å². The Kier molecular flexibility index (Phi) is 3.17. The molecule has 0 saturated carbocycles. The summed E-state index contributed by atoms with van der Waals surface area (Å²) in [5.41, 5.74) is 1.66. The second-order valence-electron chi connectivity index (χ2n) is 2.00. The second kappa shape index (κ2) is 4.16. The van der Waals surface area contributed by atoms with Crippen LogP contribution < -0.4 is 0 Å². The van der Waals surface area contributed by atoms with Gasteiger partial charge in [0.15, 0.2) is 12.0 Å². The van der Waals surface area contributed by atoms with Crippen molar-refractivity contribution < 1.29 is 4.42 Å². The Balaban J connectivity index is 0.000000336. The van der Waals surface area contributed by atoms with Gasteiger partial charge in [-0.1, -0.05) is 13.8 Å². The fraction of sp³-hybridized carbons (Fsp3) is 0.222. The SMILES string of the molecule is CC.Sc1ccc2ocnc2c1. The largest absolute Gasteiger partial charge is 0.443 e. The van der Waals surface area contributed by atoms with Crippen molar-refractivity contribution in [1.82, 2.24) is 4.98 Å². The summed E-state index contributed by atoms with van der Waals surface area (Å²) in [6, 6.07) is 5.59. The summed E-state index contributed by atoms with van der Waals surface area (Å²) in [7, 11) is 0. The summed E-state index contributed by atoms with van der Waals surface area (Å²) in [5.74, 6) is 0. The average molecular weight is 181 g/mol. The van der Waals surface area contributed by atoms with Gasteiger partial charge in [0.1, 0.15) is 5.52 Å². The predicted octanol–water partition coefficient (Wildman–Crippen LogP) is 3.14. The van der Waals surface area contributed by atoms with Crippen molar-refractivity contribution in [2.45, 2.75) is 18.7 Å². The fourth-order valence-electron chi connectivity index (χ4n) is 0.846. The number of hydrogen-bond acceptors (Lipinski definition) is 3. The first-order chi connectivity index (χ1) is 5.86. The normalized spacial score (nSPS) is 9.25. The number of oxazole rings is 1. The minimum atomic E-state index is 0.804. The lowest BCUT2D eigenvalue weighted by molar-refractivity contribution is 0.602. The van der Waals surface area contributed by atoms with Gasteiger partial charge in [0.05, 0.1) is 0 Å². The van der Waals surface area contributed by atoms with Gasteiger partial charge in [-0.15, -0.1) is 12.6 Å². The molecule has 0 unspecified atom stereocenters. The van der Waals surface area contributed by atoms with Crippen LogP contribution in [0.5, 0.6) is 0 Å². The number of aromatic nitrogens is 1. The van der Waals surface area contributed by atoms with Gasteiger partial charge in [0, 0.05) is 4.90 Å². The van der Waals surface area contributed by atoms with Crippen LogP contribution >= 0.6 is 12.6 Å². The van der Waals surface area contributed by atoms with Gasteiger partial charge >= 0.3 is 0 Å². The summed E-state index contributed by atoms with van der Waals surface area (Å²) in [4.78, 5) is 4.87. The highest BCUT2D eigenvalue weighted by Crippen LogP contribution is 2.15. The minimum absolute atomic E-state index is 0.804. The van der Waals surface area contributed by atoms with E-state index in [9.17, 15) is 0 Å². The molecule has 1 heterocycles. The lowest BCUT2D eigenvalue weighted by atomic mass is 10.3. The Hall–Kier alpha value is -0.960. The second-order valence-corrected chi connectivity index (χ2v) is 2.52. The van der Waals surface area contributed by atoms with Gasteiger partial charge in [-0.2, -0.15) is 0 Å². The summed E-state index contributed by atoms with van der Waals surface area (Å²) < 4.78 is 5.03. The molecule has 12 heavy (non-hydrogen) atoms. The van der Waals surface area contributed by atoms with Gasteiger partial charge < -0.3 is 4.42 Å². The van der Waals surface area contributed by atoms with E-state index < -0.39 is 0 Å². The van der Waals surface area contributed by atoms with Crippen LogP contribution in [0, 0.1) is 0 Å². The van der Waals surface area contributed by atoms with Crippen molar-refractivity contribution in [3.63, 3.8) is 0 Å². The van der Waals surface area contributed by atoms with Gasteiger partial charge in [-0.25, -0.2) is 4.98 Å². The van der Waals surface area contributed by atoms with E-state index in [2.05, 4.69) is 17.6 Å². The number of nitrogens with zero attached hydrogens (tertiary/aromatic N) is 1. The average Bonchev–Trinajstić information content (AvgIpc) is 2.54. The number of hydrogen-bond donors (Lipinski definition) is 1. The molecule has 1 aromatic heterocycles. The third-order valence-corrected chi connectivity index (χ3v) is 1.59. The standard InChI is InChI=1S/C7H5NOS.C2H6/c10-5-1-2-7-6(3-5)8-4-9-7;1-2/h1-4,10H;1-2H3. The lowest BCUT2D eigenvalue weighted by Gasteiger charge is -1.86. The minimum Gasteiger partial charge on any atom is -0.443 e. The van der Waals surface area contributed by atoms with Gasteiger partial charge in [-0.3, -0.25) is 0 Å². The molecule has 1 aromatic carbocycles. The predicted molar refractivity (Wildman–Crippen MR) is 52.6 cm³/mol. The smallest absolute Gasteiger partial charge is 0.181 e. The summed E-state index contributed by atoms with van der Waals surface area (Å²) >= 11 is 4.15. The van der Waals surface area contributed by atoms with Crippen LogP contribution in [0.2, 0.25) is 0 Å². The Bertz CT molecular complexity index is 356. The van der Waals surface area contributed by atoms with Crippen LogP contribution in [0.3, 0.4) is 0 Å². The molecule has 2 rings (SSSR count). The van der Waals surface area contributed by atoms with E-state index in [1.54, 1.807) is 0 Å². The zero-order valence-corrected chi connectivity index (χ0v) is 8.01. The molecular formula is C9H11NOS. The van der Waals surface area contributed by atoms with E-state index >= 15 is 0 Å². The Labute approximate surface area is 77.0 Å². The Morgan fingerprint density at radius 2 is 2.08 bits per heavy atom. The van der Waals surface area contributed by atoms with Crippen molar-refractivity contribution in [2.75, 3.05) is 0 Å². The highest BCUT2D eigenvalue weighted by molar-refractivity contribution is 7.80. The maximum atomic E-state index is 5.03. The van der Waals surface area contributed by atoms with Crippen molar-refractivity contribution in [3.05, 3.63) is 24.6 Å². The molecular weight excluding hydrogens is 170 g/mol. The van der Waals surface area contributed by atoms with Crippen molar-refractivity contribution in [1.29, 1.82) is 0 Å². The van der Waals surface area contributed by atoms with Crippen LogP contribution in [-0.2, 0) is 0 Å². The van der Waals surface area contributed by atoms with E-state index in [4.69, 9.17) is 4.42 Å². The van der Waals surface area contributed by atoms with Crippen LogP contribution in [0.25, 0.3) is 11.1 Å². The summed E-state index contributed by atoms with van der Waals surface area (Å²) in [5, 5.41) is 0. The lowest BCUT2D eigenvalue weighted by Crippen LogP contribution is -1.66. The van der Waals surface area contributed by atoms with E-state index in [0.29, 0.717) is 0 Å². The molecule has 0 aliphatic rings. The fourth-order valence-corrected chi connectivity index (χ4v) is 1.04. The number of fused-ring (bicyclic) bond motifs is 1. The topological polar surface area (TPSA) is 26.0 Å². The van der Waals surface area contributed by atoms with E-state index in [-0.39, 0.29) is 0 Å². The quantitative estimate of drug-likeness (QED) is 0.632. The van der Waals surface area contributed by atoms with E-state index in [1.165, 1.54) is 6.39 Å². The van der Waals surface area contributed by atoms with E-state index in [1.807, 2.05) is 32.0 Å². The molecule has 0 fully saturated rings. The molecule has 0 saturated heterocycles. The first-order valence-electron chi connectivity index (χ1n) is 3.88. The van der Waals surface area contributed by atoms with Crippen molar-refractivity contribution in [3.8, 4) is 0 Å². The van der Waals surface area contributed by atoms with Crippen LogP contribution in [0.1, 0.15) is 13.8 Å². The first-order valence-corrected chi connectivity index (χ1v) is 4.33. The van der Waals surface area contributed by atoms with Gasteiger partial charge in [0.2, 0.25) is 0 Å². The van der Waals surface area contributed by atoms with Crippen molar-refractivity contribution in [2.24, 2.45) is 0 Å². The summed E-state index contributed by atoms with van der Waals surface area (Å²) in [6.07, 6.45) is 1.43. The molecule has 2 nitrogen and oxygen atoms in total. The molecule has 64 valence electrons. The summed E-state index contributed by atoms with van der Waals surface area (Å²) in [6.45, 7) is 4.00. The monoisotopic (exact) mass is 181 g/mol. The van der Waals surface area contributed by atoms with E-state index in [0.717, 1.165) is 16.0 Å². The highest BCUT2D eigenvalue weighted by Gasteiger charge is 1.95. The molecule has 0 radical (unpaired) electrons. The molecule has 2 aromatic rings. The molecule has 0 amide bonds. The molecule has 0 aliphatic heterocycles. The first kappa shape index (κ1) is 9.13. The maximum absolute atomic E-state index is 5.03. The molecule has 0 spiro atoms.